The van der Waals surface area contributed by atoms with Gasteiger partial charge >= 0.3 is 0 Å². The first-order valence-electron chi connectivity index (χ1n) is 8.30. The third-order valence-corrected chi connectivity index (χ3v) is 4.65. The topological polar surface area (TPSA) is 69.8 Å². The predicted molar refractivity (Wildman–Crippen MR) is 102 cm³/mol. The second-order valence-electron chi connectivity index (χ2n) is 6.42. The van der Waals surface area contributed by atoms with Gasteiger partial charge in [-0.2, -0.15) is 10.4 Å². The Balaban J connectivity index is 1.96. The van der Waals surface area contributed by atoms with Crippen LogP contribution in [0.25, 0.3) is 28.0 Å². The Labute approximate surface area is 155 Å². The Kier molecular flexibility index (Phi) is 3.98. The summed E-state index contributed by atoms with van der Waals surface area (Å²) in [4.78, 5) is 4.26. The van der Waals surface area contributed by atoms with Crippen LogP contribution in [0.15, 0.2) is 48.8 Å². The van der Waals surface area contributed by atoms with Gasteiger partial charge in [-0.05, 0) is 30.2 Å². The fourth-order valence-electron chi connectivity index (χ4n) is 3.09. The molecule has 0 fully saturated rings. The average molecular weight is 362 g/mol. The van der Waals surface area contributed by atoms with Crippen LogP contribution in [0.4, 0.5) is 0 Å². The smallest absolute Gasteiger partial charge is 0.144 e. The van der Waals surface area contributed by atoms with Gasteiger partial charge in [0.05, 0.1) is 6.20 Å². The molecule has 0 bridgehead atoms. The minimum atomic E-state index is 0.271. The number of rotatable bonds is 3. The molecule has 1 N–H and O–H groups in total. The van der Waals surface area contributed by atoms with Crippen molar-refractivity contribution in [2.45, 2.75) is 19.8 Å². The summed E-state index contributed by atoms with van der Waals surface area (Å²) in [5, 5.41) is 17.7. The molecule has 5 nitrogen and oxygen atoms in total. The summed E-state index contributed by atoms with van der Waals surface area (Å²) in [6, 6.07) is 13.7. The van der Waals surface area contributed by atoms with E-state index in [0.29, 0.717) is 10.7 Å². The molecule has 0 saturated heterocycles. The van der Waals surface area contributed by atoms with Gasteiger partial charge in [-0.1, -0.05) is 37.6 Å². The fourth-order valence-corrected chi connectivity index (χ4v) is 3.22. The van der Waals surface area contributed by atoms with Crippen molar-refractivity contribution in [1.29, 1.82) is 5.26 Å². The Morgan fingerprint density at radius 3 is 2.54 bits per heavy atom. The van der Waals surface area contributed by atoms with Crippen molar-refractivity contribution in [1.82, 2.24) is 19.6 Å². The van der Waals surface area contributed by atoms with E-state index in [4.69, 9.17) is 11.6 Å². The zero-order valence-corrected chi connectivity index (χ0v) is 15.1. The van der Waals surface area contributed by atoms with Crippen molar-refractivity contribution in [3.8, 4) is 28.5 Å². The van der Waals surface area contributed by atoms with Crippen LogP contribution in [0.1, 0.15) is 31.2 Å². The second kappa shape index (κ2) is 6.32. The van der Waals surface area contributed by atoms with Crippen LogP contribution in [-0.4, -0.2) is 19.6 Å². The van der Waals surface area contributed by atoms with Gasteiger partial charge in [-0.25, -0.2) is 4.98 Å². The van der Waals surface area contributed by atoms with E-state index in [1.165, 1.54) is 0 Å². The summed E-state index contributed by atoms with van der Waals surface area (Å²) < 4.78 is 1.80. The van der Waals surface area contributed by atoms with Gasteiger partial charge in [0.15, 0.2) is 0 Å². The van der Waals surface area contributed by atoms with Crippen molar-refractivity contribution < 1.29 is 0 Å². The van der Waals surface area contributed by atoms with E-state index in [1.54, 1.807) is 10.6 Å². The molecule has 1 aromatic carbocycles. The van der Waals surface area contributed by atoms with E-state index in [-0.39, 0.29) is 5.92 Å². The molecule has 0 saturated carbocycles. The van der Waals surface area contributed by atoms with Gasteiger partial charge < -0.3 is 0 Å². The minimum absolute atomic E-state index is 0.271. The summed E-state index contributed by atoms with van der Waals surface area (Å²) in [6.45, 7) is 4.25. The van der Waals surface area contributed by atoms with Crippen molar-refractivity contribution in [2.24, 2.45) is 0 Å². The molecule has 6 heteroatoms. The first kappa shape index (κ1) is 16.4. The van der Waals surface area contributed by atoms with Crippen LogP contribution < -0.4 is 0 Å². The predicted octanol–water partition coefficient (Wildman–Crippen LogP) is 5.04. The summed E-state index contributed by atoms with van der Waals surface area (Å²) in [7, 11) is 0. The Hall–Kier alpha value is -3.10. The van der Waals surface area contributed by atoms with E-state index in [2.05, 4.69) is 35.1 Å². The Morgan fingerprint density at radius 2 is 1.85 bits per heavy atom. The lowest BCUT2D eigenvalue weighted by atomic mass is 9.95. The molecule has 128 valence electrons. The molecule has 0 amide bonds. The summed E-state index contributed by atoms with van der Waals surface area (Å²) in [5.74, 6) is 0.271. The van der Waals surface area contributed by atoms with Gasteiger partial charge in [-0.15, -0.1) is 0 Å². The number of imidazole rings is 1. The average Bonchev–Trinajstić information content (AvgIpc) is 3.25. The lowest BCUT2D eigenvalue weighted by Crippen LogP contribution is -1.95. The van der Waals surface area contributed by atoms with Crippen LogP contribution >= 0.6 is 11.6 Å². The minimum Gasteiger partial charge on any atom is -0.291 e. The number of benzene rings is 1. The number of aromatic nitrogens is 4. The SMILES string of the molecule is CC(C)c1[nH]nc(-c2ccc(Cl)cc2)c1-c1ccc2ncc(C#N)n2c1. The number of aromatic amines is 1. The quantitative estimate of drug-likeness (QED) is 0.555. The molecule has 3 aromatic heterocycles. The van der Waals surface area contributed by atoms with Crippen LogP contribution in [-0.2, 0) is 0 Å². The highest BCUT2D eigenvalue weighted by Crippen LogP contribution is 2.36. The molecule has 0 unspecified atom stereocenters. The molecule has 0 radical (unpaired) electrons. The van der Waals surface area contributed by atoms with Gasteiger partial charge in [0.2, 0.25) is 0 Å². The van der Waals surface area contributed by atoms with Gasteiger partial charge in [0.25, 0.3) is 0 Å². The molecular weight excluding hydrogens is 346 g/mol. The number of nitrogens with one attached hydrogen (secondary N) is 1. The van der Waals surface area contributed by atoms with Crippen LogP contribution in [0.3, 0.4) is 0 Å². The monoisotopic (exact) mass is 361 g/mol. The maximum absolute atomic E-state index is 9.31. The van der Waals surface area contributed by atoms with Gasteiger partial charge in [0, 0.05) is 33.6 Å². The highest BCUT2D eigenvalue weighted by atomic mass is 35.5. The molecule has 0 aliphatic rings. The number of halogens is 1. The van der Waals surface area contributed by atoms with Gasteiger partial charge in [0.1, 0.15) is 23.1 Å². The van der Waals surface area contributed by atoms with E-state index < -0.39 is 0 Å². The van der Waals surface area contributed by atoms with Crippen LogP contribution in [0.5, 0.6) is 0 Å². The largest absolute Gasteiger partial charge is 0.291 e. The number of fused-ring (bicyclic) bond motifs is 1. The number of nitriles is 1. The van der Waals surface area contributed by atoms with E-state index >= 15 is 0 Å². The maximum atomic E-state index is 9.31. The maximum Gasteiger partial charge on any atom is 0.144 e. The molecule has 4 rings (SSSR count). The number of nitrogens with zero attached hydrogens (tertiary/aromatic N) is 4. The highest BCUT2D eigenvalue weighted by molar-refractivity contribution is 6.30. The molecule has 0 spiro atoms. The molecule has 0 aliphatic carbocycles. The van der Waals surface area contributed by atoms with Crippen molar-refractivity contribution in [3.63, 3.8) is 0 Å². The van der Waals surface area contributed by atoms with Crippen molar-refractivity contribution in [3.05, 3.63) is 65.2 Å². The highest BCUT2D eigenvalue weighted by Gasteiger charge is 2.19. The third-order valence-electron chi connectivity index (χ3n) is 4.40. The zero-order valence-electron chi connectivity index (χ0n) is 14.4. The third kappa shape index (κ3) is 2.65. The van der Waals surface area contributed by atoms with E-state index in [9.17, 15) is 5.26 Å². The number of H-pyrrole nitrogens is 1. The second-order valence-corrected chi connectivity index (χ2v) is 6.86. The Morgan fingerprint density at radius 1 is 1.12 bits per heavy atom. The van der Waals surface area contributed by atoms with Crippen LogP contribution in [0, 0.1) is 11.3 Å². The first-order chi connectivity index (χ1) is 12.6. The standard InChI is InChI=1S/C20H16ClN5/c1-12(2)19-18(20(25-24-19)13-3-6-15(21)7-4-13)14-5-8-17-23-10-16(9-22)26(17)11-14/h3-8,10-12H,1-2H3,(H,24,25). The summed E-state index contributed by atoms with van der Waals surface area (Å²) in [6.07, 6.45) is 3.52. The normalized spacial score (nSPS) is 11.2. The number of hydrogen-bond donors (Lipinski definition) is 1. The zero-order chi connectivity index (χ0) is 18.3. The fraction of sp³-hybridized carbons (Fsp3) is 0.150. The number of hydrogen-bond acceptors (Lipinski definition) is 3. The van der Waals surface area contributed by atoms with E-state index in [1.807, 2.05) is 42.6 Å². The molecule has 4 aromatic rings. The summed E-state index contributed by atoms with van der Waals surface area (Å²) in [5.41, 5.74) is 6.16. The molecular formula is C20H16ClN5. The lowest BCUT2D eigenvalue weighted by molar-refractivity contribution is 0.812. The first-order valence-corrected chi connectivity index (χ1v) is 8.68. The van der Waals surface area contributed by atoms with Gasteiger partial charge in [-0.3, -0.25) is 9.50 Å². The Bertz CT molecular complexity index is 1130. The molecule has 0 atom stereocenters. The van der Waals surface area contributed by atoms with Crippen molar-refractivity contribution in [2.75, 3.05) is 0 Å². The molecule has 3 heterocycles. The molecule has 26 heavy (non-hydrogen) atoms. The van der Waals surface area contributed by atoms with Crippen molar-refractivity contribution >= 4 is 17.2 Å². The lowest BCUT2D eigenvalue weighted by Gasteiger charge is -2.10. The van der Waals surface area contributed by atoms with Crippen LogP contribution in [0.2, 0.25) is 5.02 Å². The number of pyridine rings is 1. The molecule has 0 aliphatic heterocycles. The summed E-state index contributed by atoms with van der Waals surface area (Å²) >= 11 is 6.03. The van der Waals surface area contributed by atoms with E-state index in [0.717, 1.165) is 33.7 Å².